The van der Waals surface area contributed by atoms with E-state index in [1.807, 2.05) is 0 Å². The number of fused-ring (bicyclic) bond motifs is 15. The third-order valence-electron chi connectivity index (χ3n) is 14.0. The zero-order valence-electron chi connectivity index (χ0n) is 33.5. The average Bonchev–Trinajstić information content (AvgIpc) is 3.89. The lowest BCUT2D eigenvalue weighted by atomic mass is 9.65. The van der Waals surface area contributed by atoms with Gasteiger partial charge in [-0.1, -0.05) is 184 Å². The third kappa shape index (κ3) is 4.17. The molecule has 0 saturated carbocycles. The van der Waals surface area contributed by atoms with Crippen molar-refractivity contribution in [2.24, 2.45) is 0 Å². The molecule has 0 fully saturated rings. The van der Waals surface area contributed by atoms with Crippen LogP contribution in [0.1, 0.15) is 47.2 Å². The minimum absolute atomic E-state index is 0.159. The number of rotatable bonds is 4. The maximum atomic E-state index is 2.58. The SMILES string of the molecule is CC1(C)c2ccccc2-c2ccc(N(c3ccccc3-c3ccccc3)c3cccc4c3C3(c5ccccc5-4)c4ccccc4-n4c5ccccc5c5cccc3c54)cc21. The van der Waals surface area contributed by atoms with Gasteiger partial charge in [-0.2, -0.15) is 0 Å². The number of hydrogen-bond acceptors (Lipinski definition) is 1. The fraction of sp³-hybridized carbons (Fsp3) is 0.0690. The number of nitrogens with zero attached hydrogens (tertiary/aromatic N) is 2. The van der Waals surface area contributed by atoms with Crippen molar-refractivity contribution < 1.29 is 0 Å². The topological polar surface area (TPSA) is 8.17 Å². The van der Waals surface area contributed by atoms with Crippen LogP contribution in [0.3, 0.4) is 0 Å². The van der Waals surface area contributed by atoms with Crippen LogP contribution in [0, 0.1) is 0 Å². The Balaban J connectivity index is 1.18. The molecule has 9 aromatic carbocycles. The smallest absolute Gasteiger partial charge is 0.0775 e. The van der Waals surface area contributed by atoms with Crippen molar-refractivity contribution in [2.45, 2.75) is 24.7 Å². The predicted octanol–water partition coefficient (Wildman–Crippen LogP) is 14.9. The van der Waals surface area contributed by atoms with Crippen molar-refractivity contribution in [1.82, 2.24) is 4.57 Å². The summed E-state index contributed by atoms with van der Waals surface area (Å²) in [6, 6.07) is 77.4. The van der Waals surface area contributed by atoms with Crippen LogP contribution in [0.15, 0.2) is 206 Å². The number of aromatic nitrogens is 1. The quantitative estimate of drug-likeness (QED) is 0.173. The number of anilines is 3. The van der Waals surface area contributed by atoms with Crippen LogP contribution in [0.2, 0.25) is 0 Å². The minimum Gasteiger partial charge on any atom is -0.310 e. The standard InChI is InChI=1S/C58H40N2/c1-57(2)46-26-10-6-21-40(46)42-35-34-38(36-50(42)57)59(51-30-13-8-20-39(51)37-18-4-3-5-19-37)54-33-17-24-44-41-22-7-11-27-47(41)58(55(44)54)48-28-12-15-32-53(48)60-52-31-14-9-23-43(52)45-25-16-29-49(58)56(45)60/h3-36H,1-2H3. The molecule has 282 valence electrons. The molecule has 1 aromatic heterocycles. The van der Waals surface area contributed by atoms with Crippen molar-refractivity contribution >= 4 is 38.9 Å². The summed E-state index contributed by atoms with van der Waals surface area (Å²) in [5.74, 6) is 0. The van der Waals surface area contributed by atoms with Gasteiger partial charge in [-0.05, 0) is 92.0 Å². The summed E-state index contributed by atoms with van der Waals surface area (Å²) >= 11 is 0. The summed E-state index contributed by atoms with van der Waals surface area (Å²) < 4.78 is 2.53. The molecule has 0 radical (unpaired) electrons. The molecule has 10 aromatic rings. The molecule has 1 spiro atoms. The van der Waals surface area contributed by atoms with Crippen LogP contribution in [-0.2, 0) is 10.8 Å². The molecular weight excluding hydrogens is 725 g/mol. The van der Waals surface area contributed by atoms with Crippen LogP contribution in [0.4, 0.5) is 17.1 Å². The Morgan fingerprint density at radius 1 is 0.400 bits per heavy atom. The monoisotopic (exact) mass is 764 g/mol. The summed E-state index contributed by atoms with van der Waals surface area (Å²) in [5.41, 5.74) is 22.0. The van der Waals surface area contributed by atoms with Crippen LogP contribution in [0.25, 0.3) is 60.9 Å². The highest BCUT2D eigenvalue weighted by Crippen LogP contribution is 2.64. The molecule has 0 N–H and O–H groups in total. The first-order valence-corrected chi connectivity index (χ1v) is 21.1. The Hall–Kier alpha value is -7.42. The van der Waals surface area contributed by atoms with Crippen molar-refractivity contribution in [3.8, 4) is 39.1 Å². The van der Waals surface area contributed by atoms with E-state index in [2.05, 4.69) is 230 Å². The first kappa shape index (κ1) is 33.5. The molecule has 0 bridgehead atoms. The molecule has 3 aliphatic rings. The fourth-order valence-electron chi connectivity index (χ4n) is 11.6. The van der Waals surface area contributed by atoms with Gasteiger partial charge in [-0.25, -0.2) is 0 Å². The van der Waals surface area contributed by atoms with E-state index in [0.29, 0.717) is 0 Å². The van der Waals surface area contributed by atoms with Crippen molar-refractivity contribution in [3.63, 3.8) is 0 Å². The summed E-state index contributed by atoms with van der Waals surface area (Å²) in [7, 11) is 0. The predicted molar refractivity (Wildman–Crippen MR) is 249 cm³/mol. The lowest BCUT2D eigenvalue weighted by Crippen LogP contribution is -2.34. The Kier molecular flexibility index (Phi) is 6.74. The second kappa shape index (κ2) is 12.1. The molecular formula is C58H40N2. The van der Waals surface area contributed by atoms with Crippen molar-refractivity contribution in [1.29, 1.82) is 0 Å². The van der Waals surface area contributed by atoms with E-state index in [-0.39, 0.29) is 5.41 Å². The van der Waals surface area contributed by atoms with E-state index in [0.717, 1.165) is 11.4 Å². The second-order valence-corrected chi connectivity index (χ2v) is 17.2. The highest BCUT2D eigenvalue weighted by molar-refractivity contribution is 6.13. The van der Waals surface area contributed by atoms with Gasteiger partial charge in [0, 0.05) is 33.0 Å². The van der Waals surface area contributed by atoms with Crippen LogP contribution >= 0.6 is 0 Å². The van der Waals surface area contributed by atoms with Gasteiger partial charge in [0.25, 0.3) is 0 Å². The zero-order chi connectivity index (χ0) is 39.7. The first-order chi connectivity index (χ1) is 29.6. The normalized spacial score (nSPS) is 16.0. The molecule has 2 aliphatic carbocycles. The number of hydrogen-bond donors (Lipinski definition) is 0. The number of benzene rings is 9. The molecule has 1 unspecified atom stereocenters. The van der Waals surface area contributed by atoms with Gasteiger partial charge in [-0.15, -0.1) is 0 Å². The lowest BCUT2D eigenvalue weighted by Gasteiger charge is -2.42. The molecule has 2 heteroatoms. The maximum Gasteiger partial charge on any atom is 0.0775 e. The molecule has 1 atom stereocenters. The molecule has 0 amide bonds. The van der Waals surface area contributed by atoms with E-state index >= 15 is 0 Å². The van der Waals surface area contributed by atoms with Crippen LogP contribution in [0.5, 0.6) is 0 Å². The lowest BCUT2D eigenvalue weighted by molar-refractivity contribution is 0.660. The largest absolute Gasteiger partial charge is 0.310 e. The number of para-hydroxylation sites is 4. The molecule has 2 heterocycles. The first-order valence-electron chi connectivity index (χ1n) is 21.1. The van der Waals surface area contributed by atoms with Gasteiger partial charge >= 0.3 is 0 Å². The third-order valence-corrected chi connectivity index (χ3v) is 14.0. The van der Waals surface area contributed by atoms with E-state index in [9.17, 15) is 0 Å². The van der Waals surface area contributed by atoms with Gasteiger partial charge in [0.2, 0.25) is 0 Å². The average molecular weight is 765 g/mol. The van der Waals surface area contributed by atoms with E-state index < -0.39 is 5.41 Å². The molecule has 60 heavy (non-hydrogen) atoms. The molecule has 1 aliphatic heterocycles. The Morgan fingerprint density at radius 3 is 1.83 bits per heavy atom. The molecule has 13 rings (SSSR count). The Bertz CT molecular complexity index is 3420. The van der Waals surface area contributed by atoms with Gasteiger partial charge in [0.1, 0.15) is 0 Å². The summed E-state index contributed by atoms with van der Waals surface area (Å²) in [6.07, 6.45) is 0. The van der Waals surface area contributed by atoms with Crippen LogP contribution < -0.4 is 4.90 Å². The summed E-state index contributed by atoms with van der Waals surface area (Å²) in [4.78, 5) is 2.58. The molecule has 2 nitrogen and oxygen atoms in total. The van der Waals surface area contributed by atoms with E-state index in [1.165, 1.54) is 99.9 Å². The summed E-state index contributed by atoms with van der Waals surface area (Å²) in [5, 5.41) is 2.56. The van der Waals surface area contributed by atoms with Crippen LogP contribution in [-0.4, -0.2) is 4.57 Å². The summed E-state index contributed by atoms with van der Waals surface area (Å²) in [6.45, 7) is 4.77. The maximum absolute atomic E-state index is 2.58. The highest BCUT2D eigenvalue weighted by atomic mass is 15.2. The molecule has 0 saturated heterocycles. The van der Waals surface area contributed by atoms with Gasteiger partial charge in [-0.3, -0.25) is 0 Å². The fourth-order valence-corrected chi connectivity index (χ4v) is 11.6. The minimum atomic E-state index is -0.616. The Labute approximate surface area is 350 Å². The van der Waals surface area contributed by atoms with Crippen molar-refractivity contribution in [3.05, 3.63) is 240 Å². The Morgan fingerprint density at radius 2 is 0.983 bits per heavy atom. The second-order valence-electron chi connectivity index (χ2n) is 17.2. The van der Waals surface area contributed by atoms with E-state index in [4.69, 9.17) is 0 Å². The highest BCUT2D eigenvalue weighted by Gasteiger charge is 2.52. The van der Waals surface area contributed by atoms with E-state index in [1.54, 1.807) is 0 Å². The van der Waals surface area contributed by atoms with Gasteiger partial charge in [0.15, 0.2) is 0 Å². The zero-order valence-corrected chi connectivity index (χ0v) is 33.5. The van der Waals surface area contributed by atoms with Gasteiger partial charge in [0.05, 0.1) is 33.5 Å². The van der Waals surface area contributed by atoms with Crippen molar-refractivity contribution in [2.75, 3.05) is 4.90 Å². The van der Waals surface area contributed by atoms with Gasteiger partial charge < -0.3 is 9.47 Å².